The number of thiophene rings is 1. The summed E-state index contributed by atoms with van der Waals surface area (Å²) in [5.74, 6) is 1.99. The van der Waals surface area contributed by atoms with E-state index in [9.17, 15) is 8.42 Å². The first-order valence-electron chi connectivity index (χ1n) is 8.66. The van der Waals surface area contributed by atoms with Crippen molar-refractivity contribution in [3.8, 4) is 0 Å². The monoisotopic (exact) mass is 382 g/mol. The molecule has 2 aromatic heterocycles. The number of likely N-dealkylation sites (tertiary alicyclic amines) is 1. The third kappa shape index (κ3) is 3.79. The Morgan fingerprint density at radius 3 is 2.72 bits per heavy atom. The fourth-order valence-electron chi connectivity index (χ4n) is 3.18. The van der Waals surface area contributed by atoms with Gasteiger partial charge in [-0.1, -0.05) is 11.2 Å². The molecule has 0 spiro atoms. The summed E-state index contributed by atoms with van der Waals surface area (Å²) in [6.45, 7) is 3.68. The van der Waals surface area contributed by atoms with Crippen molar-refractivity contribution in [2.45, 2.75) is 54.8 Å². The molecule has 0 aromatic carbocycles. The summed E-state index contributed by atoms with van der Waals surface area (Å²) in [5.41, 5.74) is 0. The van der Waals surface area contributed by atoms with E-state index in [0.717, 1.165) is 44.6 Å². The van der Waals surface area contributed by atoms with E-state index in [1.54, 1.807) is 17.5 Å². The zero-order valence-corrected chi connectivity index (χ0v) is 15.7. The molecule has 2 aromatic rings. The third-order valence-corrected chi connectivity index (χ3v) is 7.83. The van der Waals surface area contributed by atoms with Gasteiger partial charge in [-0.05, 0) is 44.1 Å². The molecule has 0 radical (unpaired) electrons. The Bertz CT molecular complexity index is 806. The lowest BCUT2D eigenvalue weighted by Crippen LogP contribution is -2.45. The lowest BCUT2D eigenvalue weighted by atomic mass is 10.0. The van der Waals surface area contributed by atoms with E-state index in [-0.39, 0.29) is 12.1 Å². The van der Waals surface area contributed by atoms with Crippen LogP contribution in [0.2, 0.25) is 0 Å². The first-order chi connectivity index (χ1) is 12.0. The van der Waals surface area contributed by atoms with E-state index < -0.39 is 10.0 Å². The van der Waals surface area contributed by atoms with E-state index in [1.807, 2.05) is 0 Å². The number of aromatic nitrogens is 2. The van der Waals surface area contributed by atoms with Gasteiger partial charge in [0.05, 0.1) is 6.04 Å². The number of piperidine rings is 1. The van der Waals surface area contributed by atoms with E-state index >= 15 is 0 Å². The number of hydrogen-bond donors (Lipinski definition) is 1. The fourth-order valence-corrected chi connectivity index (χ4v) is 5.49. The molecule has 0 amide bonds. The maximum Gasteiger partial charge on any atom is 0.250 e. The fraction of sp³-hybridized carbons (Fsp3) is 0.625. The Kier molecular flexibility index (Phi) is 4.65. The highest BCUT2D eigenvalue weighted by Crippen LogP contribution is 2.38. The third-order valence-electron chi connectivity index (χ3n) is 4.92. The lowest BCUT2D eigenvalue weighted by molar-refractivity contribution is 0.134. The summed E-state index contributed by atoms with van der Waals surface area (Å²) in [7, 11) is -3.40. The average molecular weight is 383 g/mol. The quantitative estimate of drug-likeness (QED) is 0.826. The second-order valence-corrected chi connectivity index (χ2v) is 9.69. The van der Waals surface area contributed by atoms with Crippen LogP contribution in [0.5, 0.6) is 0 Å². The SMILES string of the molecule is CC(c1nc(C2CC2)no1)N1CCC(NS(=O)(=O)c2cccs2)CC1. The number of nitrogens with zero attached hydrogens (tertiary/aromatic N) is 3. The summed E-state index contributed by atoms with van der Waals surface area (Å²) >= 11 is 1.24. The minimum Gasteiger partial charge on any atom is -0.338 e. The van der Waals surface area contributed by atoms with Gasteiger partial charge in [0.2, 0.25) is 15.9 Å². The Morgan fingerprint density at radius 2 is 2.08 bits per heavy atom. The second kappa shape index (κ2) is 6.79. The van der Waals surface area contributed by atoms with Crippen molar-refractivity contribution in [3.05, 3.63) is 29.2 Å². The van der Waals surface area contributed by atoms with Gasteiger partial charge < -0.3 is 4.52 Å². The van der Waals surface area contributed by atoms with Crippen LogP contribution >= 0.6 is 11.3 Å². The maximum absolute atomic E-state index is 12.3. The summed E-state index contributed by atoms with van der Waals surface area (Å²) < 4.78 is 33.3. The first-order valence-corrected chi connectivity index (χ1v) is 11.0. The van der Waals surface area contributed by atoms with E-state index in [1.165, 1.54) is 11.3 Å². The molecule has 2 fully saturated rings. The van der Waals surface area contributed by atoms with Gasteiger partial charge in [0.1, 0.15) is 4.21 Å². The van der Waals surface area contributed by atoms with Crippen molar-refractivity contribution in [2.24, 2.45) is 0 Å². The molecular formula is C16H22N4O3S2. The number of sulfonamides is 1. The molecule has 1 saturated heterocycles. The van der Waals surface area contributed by atoms with Crippen molar-refractivity contribution >= 4 is 21.4 Å². The molecule has 136 valence electrons. The zero-order valence-electron chi connectivity index (χ0n) is 14.1. The van der Waals surface area contributed by atoms with Crippen molar-refractivity contribution in [1.29, 1.82) is 0 Å². The van der Waals surface area contributed by atoms with Gasteiger partial charge in [-0.25, -0.2) is 13.1 Å². The van der Waals surface area contributed by atoms with Crippen LogP contribution in [0, 0.1) is 0 Å². The lowest BCUT2D eigenvalue weighted by Gasteiger charge is -2.34. The van der Waals surface area contributed by atoms with Gasteiger partial charge in [0, 0.05) is 25.0 Å². The summed E-state index contributed by atoms with van der Waals surface area (Å²) in [6, 6.07) is 3.43. The number of nitrogens with one attached hydrogen (secondary N) is 1. The Morgan fingerprint density at radius 1 is 1.32 bits per heavy atom. The summed E-state index contributed by atoms with van der Waals surface area (Å²) in [6.07, 6.45) is 3.86. The van der Waals surface area contributed by atoms with Gasteiger partial charge in [-0.15, -0.1) is 11.3 Å². The Labute approximate surface area is 151 Å². The van der Waals surface area contributed by atoms with Crippen molar-refractivity contribution in [2.75, 3.05) is 13.1 Å². The van der Waals surface area contributed by atoms with E-state index in [0.29, 0.717) is 16.0 Å². The predicted molar refractivity (Wildman–Crippen MR) is 93.9 cm³/mol. The smallest absolute Gasteiger partial charge is 0.250 e. The van der Waals surface area contributed by atoms with Crippen LogP contribution in [0.15, 0.2) is 26.2 Å². The van der Waals surface area contributed by atoms with Crippen molar-refractivity contribution < 1.29 is 12.9 Å². The maximum atomic E-state index is 12.3. The molecule has 7 nitrogen and oxygen atoms in total. The molecule has 9 heteroatoms. The summed E-state index contributed by atoms with van der Waals surface area (Å²) in [5, 5.41) is 5.86. The molecule has 1 aliphatic heterocycles. The minimum absolute atomic E-state index is 0.0275. The molecule has 1 saturated carbocycles. The number of rotatable bonds is 6. The molecule has 3 heterocycles. The molecule has 4 rings (SSSR count). The number of hydrogen-bond acceptors (Lipinski definition) is 7. The zero-order chi connectivity index (χ0) is 17.4. The standard InChI is InChI=1S/C16H22N4O3S2/c1-11(16-17-15(18-23-16)12-4-5-12)20-8-6-13(7-9-20)19-25(21,22)14-3-2-10-24-14/h2-3,10-13,19H,4-9H2,1H3. The molecule has 1 aliphatic carbocycles. The highest BCUT2D eigenvalue weighted by atomic mass is 32.2. The molecule has 1 unspecified atom stereocenters. The van der Waals surface area contributed by atoms with Gasteiger partial charge in [0.15, 0.2) is 5.82 Å². The van der Waals surface area contributed by atoms with Crippen LogP contribution in [0.25, 0.3) is 0 Å². The molecule has 1 N–H and O–H groups in total. The van der Waals surface area contributed by atoms with Crippen LogP contribution in [0.1, 0.15) is 56.3 Å². The molecule has 0 bridgehead atoms. The van der Waals surface area contributed by atoms with Gasteiger partial charge in [-0.2, -0.15) is 4.98 Å². The highest BCUT2D eigenvalue weighted by Gasteiger charge is 2.32. The van der Waals surface area contributed by atoms with Gasteiger partial charge in [-0.3, -0.25) is 4.90 Å². The largest absolute Gasteiger partial charge is 0.338 e. The van der Waals surface area contributed by atoms with Gasteiger partial charge >= 0.3 is 0 Å². The second-order valence-electron chi connectivity index (χ2n) is 6.80. The molecular weight excluding hydrogens is 360 g/mol. The van der Waals surface area contributed by atoms with E-state index in [4.69, 9.17) is 4.52 Å². The van der Waals surface area contributed by atoms with Crippen LogP contribution in [0.4, 0.5) is 0 Å². The van der Waals surface area contributed by atoms with Crippen LogP contribution in [-0.4, -0.2) is 42.6 Å². The summed E-state index contributed by atoms with van der Waals surface area (Å²) in [4.78, 5) is 6.81. The molecule has 1 atom stereocenters. The average Bonchev–Trinajstić information content (AvgIpc) is 3.11. The van der Waals surface area contributed by atoms with Crippen LogP contribution in [-0.2, 0) is 10.0 Å². The van der Waals surface area contributed by atoms with Gasteiger partial charge in [0.25, 0.3) is 0 Å². The van der Waals surface area contributed by atoms with Crippen molar-refractivity contribution in [3.63, 3.8) is 0 Å². The van der Waals surface area contributed by atoms with Crippen LogP contribution in [0.3, 0.4) is 0 Å². The predicted octanol–water partition coefficient (Wildman–Crippen LogP) is 2.51. The highest BCUT2D eigenvalue weighted by molar-refractivity contribution is 7.91. The molecule has 2 aliphatic rings. The Hall–Kier alpha value is -1.29. The van der Waals surface area contributed by atoms with E-state index in [2.05, 4.69) is 26.7 Å². The van der Waals surface area contributed by atoms with Crippen LogP contribution < -0.4 is 4.72 Å². The first kappa shape index (κ1) is 17.1. The topological polar surface area (TPSA) is 88.3 Å². The molecule has 25 heavy (non-hydrogen) atoms. The Balaban J connectivity index is 1.33. The van der Waals surface area contributed by atoms with Crippen molar-refractivity contribution in [1.82, 2.24) is 19.8 Å². The normalized spacial score (nSPS) is 21.5. The minimum atomic E-state index is -3.40.